The molecule has 0 aliphatic carbocycles. The number of carboxylic acid groups (broad SMARTS) is 1. The van der Waals surface area contributed by atoms with Crippen molar-refractivity contribution in [1.29, 1.82) is 0 Å². The predicted octanol–water partition coefficient (Wildman–Crippen LogP) is 1.69. The fourth-order valence-electron chi connectivity index (χ4n) is 3.86. The van der Waals surface area contributed by atoms with Crippen molar-refractivity contribution >= 4 is 17.7 Å². The molecule has 1 spiro atoms. The van der Waals surface area contributed by atoms with Gasteiger partial charge in [0.15, 0.2) is 5.78 Å². The van der Waals surface area contributed by atoms with Crippen LogP contribution in [0.1, 0.15) is 50.3 Å². The smallest absolute Gasteiger partial charge is 0.254 e. The van der Waals surface area contributed by atoms with E-state index in [1.807, 2.05) is 12.1 Å². The second kappa shape index (κ2) is 6.54. The van der Waals surface area contributed by atoms with Gasteiger partial charge in [0.25, 0.3) is 5.91 Å². The van der Waals surface area contributed by atoms with E-state index in [9.17, 15) is 19.5 Å². The Labute approximate surface area is 156 Å². The number of amides is 1. The number of carbonyl (C=O) groups excluding carboxylic acids is 3. The van der Waals surface area contributed by atoms with Crippen molar-refractivity contribution in [3.8, 4) is 5.75 Å². The first-order valence-corrected chi connectivity index (χ1v) is 8.90. The van der Waals surface area contributed by atoms with Gasteiger partial charge in [-0.05, 0) is 18.2 Å². The number of hydrogen-bond donors (Lipinski definition) is 0. The number of piperidine rings is 1. The molecule has 2 heterocycles. The first-order chi connectivity index (χ1) is 13.0. The van der Waals surface area contributed by atoms with E-state index in [0.717, 1.165) is 0 Å². The molecule has 0 bridgehead atoms. The summed E-state index contributed by atoms with van der Waals surface area (Å²) in [5, 5.41) is 11.3. The lowest BCUT2D eigenvalue weighted by molar-refractivity contribution is -0.255. The average Bonchev–Trinajstić information content (AvgIpc) is 2.68. The molecule has 0 saturated carbocycles. The Morgan fingerprint density at radius 1 is 0.963 bits per heavy atom. The normalized spacial score (nSPS) is 17.9. The lowest BCUT2D eigenvalue weighted by atomic mass is 9.82. The highest BCUT2D eigenvalue weighted by molar-refractivity contribution is 6.04. The maximum atomic E-state index is 12.8. The third-order valence-corrected chi connectivity index (χ3v) is 5.34. The highest BCUT2D eigenvalue weighted by atomic mass is 16.5. The third-order valence-electron chi connectivity index (χ3n) is 5.34. The molecule has 6 nitrogen and oxygen atoms in total. The summed E-state index contributed by atoms with van der Waals surface area (Å²) in [4.78, 5) is 38.1. The number of aromatic carboxylic acids is 1. The number of Topliss-reactive ketones (excluding diaryl/α,β-unsaturated/α-hetero) is 1. The molecule has 2 aliphatic heterocycles. The summed E-state index contributed by atoms with van der Waals surface area (Å²) in [5.74, 6) is -1.06. The van der Waals surface area contributed by atoms with Crippen LogP contribution in [0.2, 0.25) is 0 Å². The molecule has 0 N–H and O–H groups in total. The molecule has 2 aromatic rings. The van der Waals surface area contributed by atoms with Crippen LogP contribution in [0.4, 0.5) is 0 Å². The summed E-state index contributed by atoms with van der Waals surface area (Å²) in [6, 6.07) is 13.3. The number of hydrogen-bond acceptors (Lipinski definition) is 5. The van der Waals surface area contributed by atoms with Gasteiger partial charge in [-0.1, -0.05) is 30.3 Å². The summed E-state index contributed by atoms with van der Waals surface area (Å²) < 4.78 is 6.16. The molecule has 0 unspecified atom stereocenters. The Balaban J connectivity index is 1.51. The van der Waals surface area contributed by atoms with Gasteiger partial charge in [0.05, 0.1) is 18.0 Å². The van der Waals surface area contributed by atoms with Crippen molar-refractivity contribution in [2.45, 2.75) is 24.9 Å². The van der Waals surface area contributed by atoms with Crippen LogP contribution in [0, 0.1) is 0 Å². The molecular formula is C21H18NO5-. The van der Waals surface area contributed by atoms with Crippen molar-refractivity contribution in [2.75, 3.05) is 13.1 Å². The van der Waals surface area contributed by atoms with Gasteiger partial charge in [0, 0.05) is 37.1 Å². The Hall–Kier alpha value is -3.15. The monoisotopic (exact) mass is 364 g/mol. The number of benzene rings is 2. The molecule has 2 aromatic carbocycles. The van der Waals surface area contributed by atoms with Gasteiger partial charge in [0.1, 0.15) is 11.4 Å². The summed E-state index contributed by atoms with van der Waals surface area (Å²) in [6.07, 6.45) is 1.33. The largest absolute Gasteiger partial charge is 0.545 e. The molecule has 1 amide bonds. The van der Waals surface area contributed by atoms with Crippen molar-refractivity contribution in [3.63, 3.8) is 0 Å². The fourth-order valence-corrected chi connectivity index (χ4v) is 3.86. The van der Waals surface area contributed by atoms with Gasteiger partial charge in [-0.25, -0.2) is 0 Å². The SMILES string of the molecule is O=C1CC2(CCN(C(=O)c3ccccc3C(=O)[O-])CC2)Oc2ccccc21. The van der Waals surface area contributed by atoms with Gasteiger partial charge in [-0.2, -0.15) is 0 Å². The number of ether oxygens (including phenoxy) is 1. The van der Waals surface area contributed by atoms with Gasteiger partial charge in [0.2, 0.25) is 0 Å². The summed E-state index contributed by atoms with van der Waals surface area (Å²) in [6.45, 7) is 0.797. The van der Waals surface area contributed by atoms with E-state index in [-0.39, 0.29) is 22.8 Å². The van der Waals surface area contributed by atoms with Gasteiger partial charge >= 0.3 is 0 Å². The minimum atomic E-state index is -1.37. The Kier molecular flexibility index (Phi) is 4.18. The first-order valence-electron chi connectivity index (χ1n) is 8.90. The number of carbonyl (C=O) groups is 3. The molecule has 2 aliphatic rings. The van der Waals surface area contributed by atoms with Crippen molar-refractivity contribution < 1.29 is 24.2 Å². The highest BCUT2D eigenvalue weighted by Crippen LogP contribution is 2.39. The second-order valence-electron chi connectivity index (χ2n) is 7.01. The van der Waals surface area contributed by atoms with Crippen LogP contribution in [-0.2, 0) is 0 Å². The standard InChI is InChI=1S/C21H19NO5/c23-17-13-21(27-18-8-4-3-7-16(17)18)9-11-22(12-10-21)19(24)14-5-1-2-6-15(14)20(25)26/h1-8H,9-13H2,(H,25,26)/p-1. The Morgan fingerprint density at radius 2 is 1.59 bits per heavy atom. The highest BCUT2D eigenvalue weighted by Gasteiger charge is 2.43. The molecule has 0 aromatic heterocycles. The van der Waals surface area contributed by atoms with Crippen molar-refractivity contribution in [2.24, 2.45) is 0 Å². The van der Waals surface area contributed by atoms with E-state index in [1.54, 1.807) is 29.2 Å². The number of nitrogens with zero attached hydrogens (tertiary/aromatic N) is 1. The van der Waals surface area contributed by atoms with Crippen LogP contribution in [0.5, 0.6) is 5.75 Å². The molecule has 4 rings (SSSR count). The minimum absolute atomic E-state index is 0.0546. The fraction of sp³-hybridized carbons (Fsp3) is 0.286. The molecule has 27 heavy (non-hydrogen) atoms. The molecule has 1 fully saturated rings. The van der Waals surface area contributed by atoms with Gasteiger partial charge in [-0.3, -0.25) is 9.59 Å². The number of fused-ring (bicyclic) bond motifs is 1. The average molecular weight is 364 g/mol. The van der Waals surface area contributed by atoms with Crippen molar-refractivity contribution in [1.82, 2.24) is 4.90 Å². The van der Waals surface area contributed by atoms with E-state index in [1.165, 1.54) is 12.1 Å². The maximum Gasteiger partial charge on any atom is 0.254 e. The van der Waals surface area contributed by atoms with E-state index in [2.05, 4.69) is 0 Å². The lowest BCUT2D eigenvalue weighted by Gasteiger charge is -2.44. The van der Waals surface area contributed by atoms with Crippen LogP contribution < -0.4 is 9.84 Å². The van der Waals surface area contributed by atoms with Crippen molar-refractivity contribution in [3.05, 3.63) is 65.2 Å². The predicted molar refractivity (Wildman–Crippen MR) is 94.7 cm³/mol. The second-order valence-corrected chi connectivity index (χ2v) is 7.01. The number of para-hydroxylation sites is 1. The summed E-state index contributed by atoms with van der Waals surface area (Å²) in [5.41, 5.74) is 0.0144. The van der Waals surface area contributed by atoms with E-state index < -0.39 is 11.6 Å². The molecule has 0 atom stereocenters. The molecular weight excluding hydrogens is 346 g/mol. The van der Waals surface area contributed by atoms with Crippen LogP contribution >= 0.6 is 0 Å². The number of likely N-dealkylation sites (tertiary alicyclic amines) is 1. The Bertz CT molecular complexity index is 928. The number of carboxylic acids is 1. The minimum Gasteiger partial charge on any atom is -0.545 e. The van der Waals surface area contributed by atoms with Crippen LogP contribution in [0.3, 0.4) is 0 Å². The zero-order chi connectivity index (χ0) is 19.0. The van der Waals surface area contributed by atoms with Crippen LogP contribution in [0.25, 0.3) is 0 Å². The number of ketones is 1. The zero-order valence-electron chi connectivity index (χ0n) is 14.6. The van der Waals surface area contributed by atoms with Gasteiger partial charge < -0.3 is 19.5 Å². The first kappa shape index (κ1) is 17.3. The summed E-state index contributed by atoms with van der Waals surface area (Å²) >= 11 is 0. The van der Waals surface area contributed by atoms with E-state index in [4.69, 9.17) is 4.74 Å². The molecule has 0 radical (unpaired) electrons. The Morgan fingerprint density at radius 3 is 2.30 bits per heavy atom. The van der Waals surface area contributed by atoms with Crippen LogP contribution in [0.15, 0.2) is 48.5 Å². The summed E-state index contributed by atoms with van der Waals surface area (Å²) in [7, 11) is 0. The molecule has 138 valence electrons. The maximum absolute atomic E-state index is 12.8. The van der Waals surface area contributed by atoms with Gasteiger partial charge in [-0.15, -0.1) is 0 Å². The zero-order valence-corrected chi connectivity index (χ0v) is 14.6. The third kappa shape index (κ3) is 3.07. The topological polar surface area (TPSA) is 86.7 Å². The molecule has 1 saturated heterocycles. The molecule has 6 heteroatoms. The number of rotatable bonds is 2. The van der Waals surface area contributed by atoms with E-state index >= 15 is 0 Å². The quantitative estimate of drug-likeness (QED) is 0.809. The van der Waals surface area contributed by atoms with Crippen LogP contribution in [-0.4, -0.2) is 41.3 Å². The van der Waals surface area contributed by atoms with E-state index in [0.29, 0.717) is 43.7 Å². The lowest BCUT2D eigenvalue weighted by Crippen LogP contribution is -2.52.